The van der Waals surface area contributed by atoms with Crippen molar-refractivity contribution in [2.24, 2.45) is 0 Å². The fourth-order valence-corrected chi connectivity index (χ4v) is 2.01. The quantitative estimate of drug-likeness (QED) is 0.844. The van der Waals surface area contributed by atoms with E-state index in [-0.39, 0.29) is 5.82 Å². The van der Waals surface area contributed by atoms with E-state index < -0.39 is 0 Å². The van der Waals surface area contributed by atoms with Crippen LogP contribution in [0.15, 0.2) is 34.9 Å². The predicted molar refractivity (Wildman–Crippen MR) is 75.5 cm³/mol. The summed E-state index contributed by atoms with van der Waals surface area (Å²) in [4.78, 5) is 2.00. The van der Waals surface area contributed by atoms with Crippen molar-refractivity contribution in [2.45, 2.75) is 26.6 Å². The van der Waals surface area contributed by atoms with Crippen molar-refractivity contribution in [3.05, 3.63) is 53.2 Å². The molecule has 0 atom stereocenters. The van der Waals surface area contributed by atoms with Gasteiger partial charge < -0.3 is 9.84 Å². The molecule has 1 N–H and O–H groups in total. The Balaban J connectivity index is 1.89. The summed E-state index contributed by atoms with van der Waals surface area (Å²) >= 11 is 0. The maximum absolute atomic E-state index is 13.6. The van der Waals surface area contributed by atoms with Crippen LogP contribution in [-0.4, -0.2) is 23.6 Å². The van der Waals surface area contributed by atoms with E-state index in [9.17, 15) is 4.39 Å². The van der Waals surface area contributed by atoms with Crippen molar-refractivity contribution in [3.8, 4) is 0 Å². The number of nitrogens with zero attached hydrogens (tertiary/aromatic N) is 2. The smallest absolute Gasteiger partial charge is 0.151 e. The number of hydrogen-bond donors (Lipinski definition) is 1. The van der Waals surface area contributed by atoms with Crippen molar-refractivity contribution >= 4 is 0 Å². The number of benzene rings is 1. The first-order valence-electron chi connectivity index (χ1n) is 6.76. The Kier molecular flexibility index (Phi) is 5.26. The molecule has 0 aliphatic heterocycles. The molecule has 0 saturated heterocycles. The average Bonchev–Trinajstić information content (AvgIpc) is 2.86. The van der Waals surface area contributed by atoms with E-state index in [2.05, 4.69) is 10.5 Å². The third kappa shape index (κ3) is 4.15. The molecule has 4 nitrogen and oxygen atoms in total. The second-order valence-corrected chi connectivity index (χ2v) is 4.83. The van der Waals surface area contributed by atoms with Crippen LogP contribution in [0, 0.1) is 5.82 Å². The van der Waals surface area contributed by atoms with Crippen molar-refractivity contribution < 1.29 is 8.91 Å². The summed E-state index contributed by atoms with van der Waals surface area (Å²) < 4.78 is 18.8. The van der Waals surface area contributed by atoms with Gasteiger partial charge in [-0.2, -0.15) is 0 Å². The van der Waals surface area contributed by atoms with Gasteiger partial charge in [0.1, 0.15) is 5.82 Å². The van der Waals surface area contributed by atoms with Crippen molar-refractivity contribution in [3.63, 3.8) is 0 Å². The van der Waals surface area contributed by atoms with E-state index in [0.29, 0.717) is 25.2 Å². The second kappa shape index (κ2) is 7.17. The summed E-state index contributed by atoms with van der Waals surface area (Å²) in [6.07, 6.45) is 0. The highest BCUT2D eigenvalue weighted by atomic mass is 19.1. The summed E-state index contributed by atoms with van der Waals surface area (Å²) in [7, 11) is 1.93. The summed E-state index contributed by atoms with van der Waals surface area (Å²) in [5, 5.41) is 7.19. The number of halogens is 1. The number of nitrogens with one attached hydrogen (secondary N) is 1. The summed E-state index contributed by atoms with van der Waals surface area (Å²) in [5.74, 6) is 0.612. The predicted octanol–water partition coefficient (Wildman–Crippen LogP) is 2.56. The lowest BCUT2D eigenvalue weighted by atomic mass is 10.2. The molecule has 0 aliphatic rings. The van der Waals surface area contributed by atoms with Crippen LogP contribution in [0.2, 0.25) is 0 Å². The highest BCUT2D eigenvalue weighted by molar-refractivity contribution is 5.17. The third-order valence-electron chi connectivity index (χ3n) is 2.99. The molecule has 0 radical (unpaired) electrons. The van der Waals surface area contributed by atoms with Gasteiger partial charge >= 0.3 is 0 Å². The van der Waals surface area contributed by atoms with Crippen LogP contribution in [0.3, 0.4) is 0 Å². The van der Waals surface area contributed by atoms with Crippen LogP contribution in [0.1, 0.15) is 23.9 Å². The minimum absolute atomic E-state index is 0.176. The molecule has 2 rings (SSSR count). The second-order valence-electron chi connectivity index (χ2n) is 4.83. The van der Waals surface area contributed by atoms with Gasteiger partial charge in [0.2, 0.25) is 0 Å². The van der Waals surface area contributed by atoms with Gasteiger partial charge in [-0.25, -0.2) is 4.39 Å². The standard InChI is InChI=1S/C15H20FN3O/c1-3-17-9-13-8-14(20-18-13)11-19(2)10-12-6-4-5-7-15(12)16/h4-8,17H,3,9-11H2,1-2H3. The van der Waals surface area contributed by atoms with Crippen LogP contribution in [0.5, 0.6) is 0 Å². The highest BCUT2D eigenvalue weighted by Gasteiger charge is 2.09. The summed E-state index contributed by atoms with van der Waals surface area (Å²) in [6.45, 7) is 4.79. The molecule has 20 heavy (non-hydrogen) atoms. The lowest BCUT2D eigenvalue weighted by Gasteiger charge is -2.15. The van der Waals surface area contributed by atoms with Gasteiger partial charge in [0.05, 0.1) is 12.2 Å². The lowest BCUT2D eigenvalue weighted by Crippen LogP contribution is -2.17. The molecule has 1 aromatic heterocycles. The molecule has 1 aromatic carbocycles. The topological polar surface area (TPSA) is 41.3 Å². The Labute approximate surface area is 118 Å². The van der Waals surface area contributed by atoms with E-state index in [4.69, 9.17) is 4.52 Å². The summed E-state index contributed by atoms with van der Waals surface area (Å²) in [5.41, 5.74) is 1.57. The fraction of sp³-hybridized carbons (Fsp3) is 0.400. The van der Waals surface area contributed by atoms with Gasteiger partial charge in [-0.15, -0.1) is 0 Å². The molecule has 0 spiro atoms. The van der Waals surface area contributed by atoms with Crippen molar-refractivity contribution in [2.75, 3.05) is 13.6 Å². The zero-order valence-electron chi connectivity index (χ0n) is 11.9. The molecule has 2 aromatic rings. The Bertz CT molecular complexity index is 541. The molecule has 1 heterocycles. The molecule has 5 heteroatoms. The Morgan fingerprint density at radius 3 is 2.85 bits per heavy atom. The van der Waals surface area contributed by atoms with E-state index in [1.54, 1.807) is 12.1 Å². The van der Waals surface area contributed by atoms with Gasteiger partial charge in [-0.1, -0.05) is 30.3 Å². The minimum Gasteiger partial charge on any atom is -0.360 e. The van der Waals surface area contributed by atoms with Crippen LogP contribution in [0.4, 0.5) is 4.39 Å². The molecule has 0 aliphatic carbocycles. The average molecular weight is 277 g/mol. The maximum Gasteiger partial charge on any atom is 0.151 e. The lowest BCUT2D eigenvalue weighted by molar-refractivity contribution is 0.263. The van der Waals surface area contributed by atoms with Crippen LogP contribution in [-0.2, 0) is 19.6 Å². The Hall–Kier alpha value is -1.72. The molecule has 0 saturated carbocycles. The highest BCUT2D eigenvalue weighted by Crippen LogP contribution is 2.12. The zero-order valence-corrected chi connectivity index (χ0v) is 11.9. The van der Waals surface area contributed by atoms with E-state index >= 15 is 0 Å². The van der Waals surface area contributed by atoms with Gasteiger partial charge in [0.15, 0.2) is 5.76 Å². The first-order chi connectivity index (χ1) is 9.69. The van der Waals surface area contributed by atoms with E-state index in [1.165, 1.54) is 6.07 Å². The first kappa shape index (κ1) is 14.7. The zero-order chi connectivity index (χ0) is 14.4. The number of hydrogen-bond acceptors (Lipinski definition) is 4. The number of aromatic nitrogens is 1. The fourth-order valence-electron chi connectivity index (χ4n) is 2.01. The van der Waals surface area contributed by atoms with Crippen LogP contribution < -0.4 is 5.32 Å². The Morgan fingerprint density at radius 2 is 2.10 bits per heavy atom. The minimum atomic E-state index is -0.176. The molecular weight excluding hydrogens is 257 g/mol. The molecule has 0 amide bonds. The van der Waals surface area contributed by atoms with E-state index in [1.807, 2.05) is 31.0 Å². The molecule has 108 valence electrons. The Morgan fingerprint density at radius 1 is 1.30 bits per heavy atom. The molecule has 0 bridgehead atoms. The van der Waals surface area contributed by atoms with Crippen molar-refractivity contribution in [1.29, 1.82) is 0 Å². The molecular formula is C15H20FN3O. The normalized spacial score (nSPS) is 11.2. The van der Waals surface area contributed by atoms with Crippen molar-refractivity contribution in [1.82, 2.24) is 15.4 Å². The largest absolute Gasteiger partial charge is 0.360 e. The van der Waals surface area contributed by atoms with Crippen LogP contribution in [0.25, 0.3) is 0 Å². The molecule has 0 fully saturated rings. The SMILES string of the molecule is CCNCc1cc(CN(C)Cc2ccccc2F)on1. The number of rotatable bonds is 7. The maximum atomic E-state index is 13.6. The third-order valence-corrected chi connectivity index (χ3v) is 2.99. The van der Waals surface area contributed by atoms with Crippen LogP contribution >= 0.6 is 0 Å². The van der Waals surface area contributed by atoms with Gasteiger partial charge in [-0.05, 0) is 19.7 Å². The summed E-state index contributed by atoms with van der Waals surface area (Å²) in [6, 6.07) is 8.74. The van der Waals surface area contributed by atoms with Gasteiger partial charge in [-0.3, -0.25) is 4.90 Å². The molecule has 0 unspecified atom stereocenters. The van der Waals surface area contributed by atoms with Gasteiger partial charge in [0.25, 0.3) is 0 Å². The van der Waals surface area contributed by atoms with Gasteiger partial charge in [0, 0.05) is 24.7 Å². The first-order valence-corrected chi connectivity index (χ1v) is 6.76. The monoisotopic (exact) mass is 277 g/mol. The van der Waals surface area contributed by atoms with E-state index in [0.717, 1.165) is 18.0 Å².